The lowest BCUT2D eigenvalue weighted by atomic mass is 9.81. The number of aromatic nitrogens is 1. The first-order chi connectivity index (χ1) is 15.4. The van der Waals surface area contributed by atoms with Gasteiger partial charge in [-0.05, 0) is 48.1 Å². The molecule has 0 saturated carbocycles. The van der Waals surface area contributed by atoms with E-state index in [9.17, 15) is 14.7 Å². The number of amides is 1. The van der Waals surface area contributed by atoms with Gasteiger partial charge in [0.2, 0.25) is 5.43 Å². The van der Waals surface area contributed by atoms with Gasteiger partial charge in [-0.25, -0.2) is 0 Å². The van der Waals surface area contributed by atoms with Crippen molar-refractivity contribution in [3.05, 3.63) is 97.9 Å². The average molecular weight is 448 g/mol. The summed E-state index contributed by atoms with van der Waals surface area (Å²) in [4.78, 5) is 27.0. The molecule has 1 aliphatic heterocycles. The minimum atomic E-state index is -0.596. The number of fused-ring (bicyclic) bond motifs is 6. The van der Waals surface area contributed by atoms with Gasteiger partial charge in [0, 0.05) is 30.3 Å². The number of hydrogen-bond acceptors (Lipinski definition) is 4. The average Bonchev–Trinajstić information content (AvgIpc) is 3.27. The molecular weight excluding hydrogens is 426 g/mol. The topological polar surface area (TPSA) is 65.8 Å². The Hall–Kier alpha value is -3.25. The minimum Gasteiger partial charge on any atom is -0.502 e. The molecule has 1 N–H and O–H groups in total. The molecule has 0 fully saturated rings. The molecule has 6 rings (SSSR count). The molecule has 1 amide bonds. The highest BCUT2D eigenvalue weighted by Crippen LogP contribution is 2.58. The molecule has 2 aliphatic carbocycles. The fraction of sp³-hybridized carbons (Fsp3) is 0.280. The summed E-state index contributed by atoms with van der Waals surface area (Å²) in [6.07, 6.45) is 2.96. The van der Waals surface area contributed by atoms with E-state index in [0.29, 0.717) is 0 Å². The molecule has 7 heteroatoms. The van der Waals surface area contributed by atoms with Gasteiger partial charge in [-0.3, -0.25) is 19.3 Å². The van der Waals surface area contributed by atoms with E-state index in [1.807, 2.05) is 25.1 Å². The minimum absolute atomic E-state index is 0.00826. The number of hydrogen-bond donors (Lipinski definition) is 1. The van der Waals surface area contributed by atoms with Crippen molar-refractivity contribution in [3.63, 3.8) is 0 Å². The van der Waals surface area contributed by atoms with Crippen molar-refractivity contribution in [3.8, 4) is 5.75 Å². The Kier molecular flexibility index (Phi) is 3.88. The second-order valence-electron chi connectivity index (χ2n) is 8.91. The summed E-state index contributed by atoms with van der Waals surface area (Å²) in [7, 11) is 1.71. The van der Waals surface area contributed by atoms with Crippen LogP contribution >= 0.6 is 11.6 Å². The van der Waals surface area contributed by atoms with Gasteiger partial charge in [-0.1, -0.05) is 48.0 Å². The molecule has 162 valence electrons. The number of carbonyl (C=O) groups excluding carboxylic acids is 1. The van der Waals surface area contributed by atoms with Crippen LogP contribution in [0.15, 0.2) is 59.5 Å². The van der Waals surface area contributed by atoms with Gasteiger partial charge in [0.1, 0.15) is 11.7 Å². The number of rotatable bonds is 1. The SMILES string of the molecule is CC1N(C)C(=O)c2c(O)c(=O)ccn2N1C12c3ccccc3CC1Cc1c(Cl)cccc12. The van der Waals surface area contributed by atoms with E-state index in [1.54, 1.807) is 22.8 Å². The molecule has 0 saturated heterocycles. The summed E-state index contributed by atoms with van der Waals surface area (Å²) in [6.45, 7) is 1.98. The molecule has 2 heterocycles. The maximum Gasteiger partial charge on any atom is 0.277 e. The summed E-state index contributed by atoms with van der Waals surface area (Å²) in [6, 6.07) is 15.7. The predicted octanol–water partition coefficient (Wildman–Crippen LogP) is 3.25. The fourth-order valence-corrected chi connectivity index (χ4v) is 6.38. The summed E-state index contributed by atoms with van der Waals surface area (Å²) < 4.78 is 1.69. The Bertz CT molecular complexity index is 1370. The Morgan fingerprint density at radius 3 is 2.59 bits per heavy atom. The standard InChI is InChI=1S/C25H22ClN3O3/c1-14-27(2)24(32)22-23(31)21(30)10-11-28(22)29(14)25-16(12-15-6-3-4-7-18(15)25)13-17-19(25)8-5-9-20(17)26/h3-11,14,16,31H,12-13H2,1-2H3. The van der Waals surface area contributed by atoms with Gasteiger partial charge in [0.25, 0.3) is 5.91 Å². The highest BCUT2D eigenvalue weighted by atomic mass is 35.5. The first kappa shape index (κ1) is 19.4. The molecule has 0 bridgehead atoms. The zero-order chi connectivity index (χ0) is 22.4. The van der Waals surface area contributed by atoms with Crippen LogP contribution in [0.25, 0.3) is 0 Å². The van der Waals surface area contributed by atoms with E-state index in [-0.39, 0.29) is 23.7 Å². The lowest BCUT2D eigenvalue weighted by molar-refractivity contribution is 0.0586. The maximum absolute atomic E-state index is 13.2. The van der Waals surface area contributed by atoms with Gasteiger partial charge < -0.3 is 10.0 Å². The summed E-state index contributed by atoms with van der Waals surface area (Å²) in [5.41, 5.74) is 3.49. The van der Waals surface area contributed by atoms with Gasteiger partial charge in [-0.2, -0.15) is 0 Å². The second kappa shape index (κ2) is 6.39. The largest absolute Gasteiger partial charge is 0.502 e. The number of halogens is 1. The van der Waals surface area contributed by atoms with Crippen LogP contribution in [-0.4, -0.2) is 33.8 Å². The van der Waals surface area contributed by atoms with E-state index in [4.69, 9.17) is 11.6 Å². The van der Waals surface area contributed by atoms with Crippen LogP contribution in [0.5, 0.6) is 5.75 Å². The number of aromatic hydroxyl groups is 1. The van der Waals surface area contributed by atoms with Crippen LogP contribution in [0.1, 0.15) is 39.7 Å². The first-order valence-corrected chi connectivity index (χ1v) is 11.1. The van der Waals surface area contributed by atoms with Crippen molar-refractivity contribution in [2.24, 2.45) is 5.92 Å². The van der Waals surface area contributed by atoms with Crippen molar-refractivity contribution in [1.29, 1.82) is 0 Å². The van der Waals surface area contributed by atoms with Gasteiger partial charge in [0.05, 0.1) is 0 Å². The molecule has 3 aromatic rings. The normalized spacial score (nSPS) is 25.4. The van der Waals surface area contributed by atoms with Crippen LogP contribution in [0, 0.1) is 5.92 Å². The Morgan fingerprint density at radius 2 is 1.78 bits per heavy atom. The zero-order valence-electron chi connectivity index (χ0n) is 17.7. The lowest BCUT2D eigenvalue weighted by Crippen LogP contribution is -2.67. The Balaban J connectivity index is 1.74. The molecule has 3 atom stereocenters. The maximum atomic E-state index is 13.2. The van der Waals surface area contributed by atoms with Crippen LogP contribution in [0.4, 0.5) is 0 Å². The van der Waals surface area contributed by atoms with E-state index in [1.165, 1.54) is 17.2 Å². The number of nitrogens with zero attached hydrogens (tertiary/aromatic N) is 3. The van der Waals surface area contributed by atoms with Crippen LogP contribution in [0.2, 0.25) is 5.02 Å². The van der Waals surface area contributed by atoms with Gasteiger partial charge in [0.15, 0.2) is 11.4 Å². The molecular formula is C25H22ClN3O3. The zero-order valence-corrected chi connectivity index (χ0v) is 18.5. The third-order valence-electron chi connectivity index (χ3n) is 7.55. The molecule has 3 aliphatic rings. The third-order valence-corrected chi connectivity index (χ3v) is 7.90. The summed E-state index contributed by atoms with van der Waals surface area (Å²) in [5, 5.41) is 13.5. The number of carbonyl (C=O) groups is 1. The molecule has 2 aromatic carbocycles. The van der Waals surface area contributed by atoms with Crippen LogP contribution < -0.4 is 10.4 Å². The lowest BCUT2D eigenvalue weighted by Gasteiger charge is -2.53. The fourth-order valence-electron chi connectivity index (χ4n) is 6.13. The second-order valence-corrected chi connectivity index (χ2v) is 9.32. The monoisotopic (exact) mass is 447 g/mol. The van der Waals surface area contributed by atoms with Crippen molar-refractivity contribution < 1.29 is 9.90 Å². The smallest absolute Gasteiger partial charge is 0.277 e. The van der Waals surface area contributed by atoms with Crippen molar-refractivity contribution in [1.82, 2.24) is 9.58 Å². The molecule has 1 aromatic heterocycles. The van der Waals surface area contributed by atoms with Crippen molar-refractivity contribution in [2.45, 2.75) is 31.5 Å². The molecule has 0 radical (unpaired) electrons. The van der Waals surface area contributed by atoms with E-state index in [0.717, 1.165) is 29.0 Å². The first-order valence-electron chi connectivity index (χ1n) is 10.7. The number of pyridine rings is 1. The highest BCUT2D eigenvalue weighted by molar-refractivity contribution is 6.31. The van der Waals surface area contributed by atoms with Gasteiger partial charge >= 0.3 is 0 Å². The molecule has 0 spiro atoms. The Morgan fingerprint density at radius 1 is 1.03 bits per heavy atom. The van der Waals surface area contributed by atoms with E-state index in [2.05, 4.69) is 29.3 Å². The summed E-state index contributed by atoms with van der Waals surface area (Å²) in [5.74, 6) is -0.717. The third kappa shape index (κ3) is 2.15. The van der Waals surface area contributed by atoms with Crippen molar-refractivity contribution >= 4 is 17.5 Å². The summed E-state index contributed by atoms with van der Waals surface area (Å²) >= 11 is 6.67. The van der Waals surface area contributed by atoms with Crippen LogP contribution in [-0.2, 0) is 18.4 Å². The van der Waals surface area contributed by atoms with E-state index >= 15 is 0 Å². The number of benzene rings is 2. The highest BCUT2D eigenvalue weighted by Gasteiger charge is 2.60. The predicted molar refractivity (Wildman–Crippen MR) is 122 cm³/mol. The van der Waals surface area contributed by atoms with Gasteiger partial charge in [-0.15, -0.1) is 0 Å². The van der Waals surface area contributed by atoms with Crippen LogP contribution in [0.3, 0.4) is 0 Å². The quantitative estimate of drug-likeness (QED) is 0.622. The molecule has 32 heavy (non-hydrogen) atoms. The molecule has 6 nitrogen and oxygen atoms in total. The Labute approximate surface area is 190 Å². The van der Waals surface area contributed by atoms with E-state index < -0.39 is 16.7 Å². The molecule has 3 unspecified atom stereocenters. The van der Waals surface area contributed by atoms with Crippen molar-refractivity contribution in [2.75, 3.05) is 12.1 Å².